The van der Waals surface area contributed by atoms with Crippen LogP contribution in [0.3, 0.4) is 0 Å². The van der Waals surface area contributed by atoms with Gasteiger partial charge >= 0.3 is 0 Å². The van der Waals surface area contributed by atoms with Crippen LogP contribution in [0.5, 0.6) is 0 Å². The Labute approximate surface area is 177 Å². The number of nitrogens with two attached hydrogens (primary N) is 1. The van der Waals surface area contributed by atoms with Crippen LogP contribution in [0.1, 0.15) is 13.8 Å². The summed E-state index contributed by atoms with van der Waals surface area (Å²) in [6, 6.07) is 12.3. The molecule has 8 nitrogen and oxygen atoms in total. The minimum atomic E-state index is -3.38. The molecule has 10 heteroatoms. The van der Waals surface area contributed by atoms with E-state index >= 15 is 0 Å². The minimum absolute atomic E-state index is 0.0101. The first-order valence-electron chi connectivity index (χ1n) is 9.33. The molecule has 0 aliphatic heterocycles. The first-order chi connectivity index (χ1) is 14.8. The molecule has 0 fully saturated rings. The predicted octanol–water partition coefficient (Wildman–Crippen LogP) is 3.76. The average molecular weight is 439 g/mol. The second kappa shape index (κ2) is 7.88. The molecule has 2 aromatic heterocycles. The van der Waals surface area contributed by atoms with Crippen LogP contribution in [-0.2, 0) is 9.84 Å². The van der Waals surface area contributed by atoms with Crippen LogP contribution in [0, 0.1) is 5.82 Å². The predicted molar refractivity (Wildman–Crippen MR) is 113 cm³/mol. The van der Waals surface area contributed by atoms with Crippen LogP contribution in [0.2, 0.25) is 0 Å². The lowest BCUT2D eigenvalue weighted by molar-refractivity contribution is 0.569. The molecular weight excluding hydrogens is 421 g/mol. The maximum absolute atomic E-state index is 14.0. The molecule has 0 aliphatic rings. The van der Waals surface area contributed by atoms with E-state index in [4.69, 9.17) is 10.2 Å². The number of benzene rings is 2. The van der Waals surface area contributed by atoms with Crippen LogP contribution in [0.15, 0.2) is 64.0 Å². The van der Waals surface area contributed by atoms with E-state index in [0.717, 1.165) is 0 Å². The first kappa shape index (κ1) is 20.6. The lowest BCUT2D eigenvalue weighted by atomic mass is 10.1. The summed E-state index contributed by atoms with van der Waals surface area (Å²) >= 11 is 0. The lowest BCUT2D eigenvalue weighted by Crippen LogP contribution is -2.13. The molecule has 31 heavy (non-hydrogen) atoms. The molecule has 4 rings (SSSR count). The van der Waals surface area contributed by atoms with E-state index in [1.807, 2.05) is 0 Å². The lowest BCUT2D eigenvalue weighted by Gasteiger charge is -2.09. The molecule has 0 bridgehead atoms. The standard InChI is InChI=1S/C21H18FN5O3S/c1-12(2)31(28,29)14-9-7-13(8-10-14)17-11-24-19(23)18(25-17)21-27-26-20(30-21)15-5-3-4-6-16(15)22/h3-12H,1-2H3,(H2,23,24). The molecule has 0 saturated heterocycles. The van der Waals surface area contributed by atoms with Crippen LogP contribution in [0.25, 0.3) is 34.3 Å². The van der Waals surface area contributed by atoms with Gasteiger partial charge in [-0.2, -0.15) is 0 Å². The zero-order valence-electron chi connectivity index (χ0n) is 16.7. The largest absolute Gasteiger partial charge is 0.414 e. The fraction of sp³-hybridized carbons (Fsp3) is 0.143. The summed E-state index contributed by atoms with van der Waals surface area (Å²) < 4.78 is 44.2. The van der Waals surface area contributed by atoms with E-state index in [2.05, 4.69) is 20.2 Å². The number of aromatic nitrogens is 4. The first-order valence-corrected chi connectivity index (χ1v) is 10.9. The fourth-order valence-electron chi connectivity index (χ4n) is 2.84. The summed E-state index contributed by atoms with van der Waals surface area (Å²) in [7, 11) is -3.38. The van der Waals surface area contributed by atoms with Crippen molar-refractivity contribution in [3.8, 4) is 34.3 Å². The second-order valence-electron chi connectivity index (χ2n) is 7.00. The summed E-state index contributed by atoms with van der Waals surface area (Å²) in [5, 5.41) is 7.27. The van der Waals surface area contributed by atoms with Crippen molar-refractivity contribution in [2.75, 3.05) is 5.73 Å². The van der Waals surface area contributed by atoms with Gasteiger partial charge in [0.25, 0.3) is 11.8 Å². The number of nitrogen functional groups attached to an aromatic ring is 1. The van der Waals surface area contributed by atoms with Crippen molar-refractivity contribution in [2.45, 2.75) is 24.0 Å². The van der Waals surface area contributed by atoms with Gasteiger partial charge in [-0.15, -0.1) is 10.2 Å². The van der Waals surface area contributed by atoms with Crippen LogP contribution in [0.4, 0.5) is 10.2 Å². The molecule has 2 heterocycles. The highest BCUT2D eigenvalue weighted by Crippen LogP contribution is 2.29. The number of rotatable bonds is 5. The third-order valence-electron chi connectivity index (χ3n) is 4.63. The molecule has 158 valence electrons. The Bertz CT molecular complexity index is 1350. The molecule has 0 amide bonds. The monoisotopic (exact) mass is 439 g/mol. The summed E-state index contributed by atoms with van der Waals surface area (Å²) in [4.78, 5) is 8.79. The Balaban J connectivity index is 1.70. The van der Waals surface area contributed by atoms with Crippen LogP contribution < -0.4 is 5.73 Å². The van der Waals surface area contributed by atoms with Crippen molar-refractivity contribution in [1.29, 1.82) is 0 Å². The number of nitrogens with zero attached hydrogens (tertiary/aromatic N) is 4. The number of halogens is 1. The summed E-state index contributed by atoms with van der Waals surface area (Å²) in [6.45, 7) is 3.25. The van der Waals surface area contributed by atoms with Gasteiger partial charge in [-0.25, -0.2) is 22.8 Å². The Hall–Kier alpha value is -3.66. The summed E-state index contributed by atoms with van der Waals surface area (Å²) in [5.41, 5.74) is 7.30. The SMILES string of the molecule is CC(C)S(=O)(=O)c1ccc(-c2cnc(N)c(-c3nnc(-c4ccccc4F)o3)n2)cc1. The molecule has 2 aromatic carbocycles. The Morgan fingerprint density at radius 2 is 1.68 bits per heavy atom. The van der Waals surface area contributed by atoms with Gasteiger partial charge in [0.15, 0.2) is 21.3 Å². The van der Waals surface area contributed by atoms with Gasteiger partial charge in [0.1, 0.15) is 5.82 Å². The number of sulfone groups is 1. The normalized spacial score (nSPS) is 11.7. The van der Waals surface area contributed by atoms with Crippen molar-refractivity contribution < 1.29 is 17.2 Å². The Kier molecular flexibility index (Phi) is 5.24. The van der Waals surface area contributed by atoms with E-state index in [9.17, 15) is 12.8 Å². The molecule has 2 N–H and O–H groups in total. The van der Waals surface area contributed by atoms with Crippen molar-refractivity contribution in [2.24, 2.45) is 0 Å². The van der Waals surface area contributed by atoms with E-state index in [-0.39, 0.29) is 33.8 Å². The Morgan fingerprint density at radius 1 is 1.00 bits per heavy atom. The topological polar surface area (TPSA) is 125 Å². The smallest absolute Gasteiger partial charge is 0.270 e. The van der Waals surface area contributed by atoms with Crippen molar-refractivity contribution in [3.05, 3.63) is 60.5 Å². The molecule has 0 unspecified atom stereocenters. The van der Waals surface area contributed by atoms with E-state index in [0.29, 0.717) is 11.3 Å². The number of hydrogen-bond acceptors (Lipinski definition) is 8. The molecule has 0 saturated carbocycles. The van der Waals surface area contributed by atoms with E-state index in [1.54, 1.807) is 38.1 Å². The Morgan fingerprint density at radius 3 is 2.35 bits per heavy atom. The summed E-state index contributed by atoms with van der Waals surface area (Å²) in [6.07, 6.45) is 1.46. The quantitative estimate of drug-likeness (QED) is 0.498. The molecule has 0 radical (unpaired) electrons. The zero-order valence-corrected chi connectivity index (χ0v) is 17.5. The van der Waals surface area contributed by atoms with Crippen molar-refractivity contribution in [1.82, 2.24) is 20.2 Å². The second-order valence-corrected chi connectivity index (χ2v) is 9.50. The van der Waals surface area contributed by atoms with E-state index < -0.39 is 20.9 Å². The van der Waals surface area contributed by atoms with Crippen molar-refractivity contribution >= 4 is 15.7 Å². The minimum Gasteiger partial charge on any atom is -0.414 e. The van der Waals surface area contributed by atoms with Gasteiger partial charge in [-0.05, 0) is 38.1 Å². The highest BCUT2D eigenvalue weighted by Gasteiger charge is 2.20. The van der Waals surface area contributed by atoms with Gasteiger partial charge in [-0.1, -0.05) is 24.3 Å². The van der Waals surface area contributed by atoms with Crippen LogP contribution >= 0.6 is 0 Å². The molecule has 0 atom stereocenters. The third kappa shape index (κ3) is 3.89. The van der Waals surface area contributed by atoms with Gasteiger partial charge in [0.2, 0.25) is 0 Å². The summed E-state index contributed by atoms with van der Waals surface area (Å²) in [5.74, 6) is -0.458. The van der Waals surface area contributed by atoms with E-state index in [1.165, 1.54) is 30.5 Å². The number of hydrogen-bond donors (Lipinski definition) is 1. The average Bonchev–Trinajstić information content (AvgIpc) is 3.24. The highest BCUT2D eigenvalue weighted by atomic mass is 32.2. The van der Waals surface area contributed by atoms with Gasteiger partial charge in [-0.3, -0.25) is 0 Å². The maximum Gasteiger partial charge on any atom is 0.270 e. The molecule has 4 aromatic rings. The third-order valence-corrected chi connectivity index (χ3v) is 6.80. The fourth-order valence-corrected chi connectivity index (χ4v) is 3.90. The molecular formula is C21H18FN5O3S. The van der Waals surface area contributed by atoms with Gasteiger partial charge in [0.05, 0.1) is 27.6 Å². The zero-order chi connectivity index (χ0) is 22.2. The van der Waals surface area contributed by atoms with Gasteiger partial charge in [0, 0.05) is 5.56 Å². The molecule has 0 spiro atoms. The van der Waals surface area contributed by atoms with Crippen molar-refractivity contribution in [3.63, 3.8) is 0 Å². The maximum atomic E-state index is 14.0. The number of anilines is 1. The highest BCUT2D eigenvalue weighted by molar-refractivity contribution is 7.92. The van der Waals surface area contributed by atoms with Gasteiger partial charge < -0.3 is 10.2 Å². The van der Waals surface area contributed by atoms with Crippen LogP contribution in [-0.4, -0.2) is 33.8 Å². The molecule has 0 aliphatic carbocycles.